The van der Waals surface area contributed by atoms with Gasteiger partial charge >= 0.3 is 5.97 Å². The average Bonchev–Trinajstić information content (AvgIpc) is 2.62. The van der Waals surface area contributed by atoms with Crippen LogP contribution in [0, 0.1) is 0 Å². The third-order valence-corrected chi connectivity index (χ3v) is 3.69. The monoisotopic (exact) mass is 213 g/mol. The number of hydrogen-bond donors (Lipinski definition) is 1. The Hall–Kier alpha value is -0.610. The van der Waals surface area contributed by atoms with Crippen LogP contribution in [-0.4, -0.2) is 47.3 Å². The highest BCUT2D eigenvalue weighted by atomic mass is 16.5. The summed E-state index contributed by atoms with van der Waals surface area (Å²) < 4.78 is 5.85. The minimum absolute atomic E-state index is 0.0258. The molecule has 0 aromatic heterocycles. The van der Waals surface area contributed by atoms with Crippen LogP contribution in [0.3, 0.4) is 0 Å². The second kappa shape index (κ2) is 4.10. The molecule has 1 N–H and O–H groups in total. The van der Waals surface area contributed by atoms with Gasteiger partial charge in [0.15, 0.2) is 0 Å². The summed E-state index contributed by atoms with van der Waals surface area (Å²) in [4.78, 5) is 12.9. The summed E-state index contributed by atoms with van der Waals surface area (Å²) in [5, 5.41) is 8.95. The maximum atomic E-state index is 10.9. The van der Waals surface area contributed by atoms with Crippen molar-refractivity contribution in [1.82, 2.24) is 4.90 Å². The molecule has 0 aromatic rings. The maximum Gasteiger partial charge on any atom is 0.320 e. The van der Waals surface area contributed by atoms with Crippen molar-refractivity contribution in [2.24, 2.45) is 0 Å². The molecule has 0 radical (unpaired) electrons. The largest absolute Gasteiger partial charge is 0.480 e. The third kappa shape index (κ3) is 2.16. The number of rotatable bonds is 2. The molecule has 2 heterocycles. The Balaban J connectivity index is 1.96. The molecule has 2 unspecified atom stereocenters. The molecule has 15 heavy (non-hydrogen) atoms. The summed E-state index contributed by atoms with van der Waals surface area (Å²) in [6.45, 7) is 4.24. The van der Waals surface area contributed by atoms with Crippen LogP contribution >= 0.6 is 0 Å². The van der Waals surface area contributed by atoms with Gasteiger partial charge in [0.2, 0.25) is 0 Å². The van der Waals surface area contributed by atoms with E-state index in [1.54, 1.807) is 6.92 Å². The van der Waals surface area contributed by atoms with Gasteiger partial charge in [-0.15, -0.1) is 0 Å². The lowest BCUT2D eigenvalue weighted by atomic mass is 9.93. The van der Waals surface area contributed by atoms with Crippen LogP contribution in [0.2, 0.25) is 0 Å². The highest BCUT2D eigenvalue weighted by Crippen LogP contribution is 2.34. The molecule has 86 valence electrons. The standard InChI is InChI=1S/C11H19NO3/c1-9(10(13)14)12-6-5-11(8-12)4-2-3-7-15-11/h9H,2-8H2,1H3,(H,13,14). The second-order valence-corrected chi connectivity index (χ2v) is 4.72. The molecule has 4 heteroatoms. The summed E-state index contributed by atoms with van der Waals surface area (Å²) in [6, 6.07) is -0.380. The fourth-order valence-electron chi connectivity index (χ4n) is 2.59. The fourth-order valence-corrected chi connectivity index (χ4v) is 2.59. The van der Waals surface area contributed by atoms with Gasteiger partial charge in [0.25, 0.3) is 0 Å². The van der Waals surface area contributed by atoms with E-state index in [1.165, 1.54) is 6.42 Å². The molecule has 2 aliphatic heterocycles. The molecule has 0 amide bonds. The predicted molar refractivity (Wildman–Crippen MR) is 55.8 cm³/mol. The first-order valence-corrected chi connectivity index (χ1v) is 5.74. The first-order valence-electron chi connectivity index (χ1n) is 5.74. The van der Waals surface area contributed by atoms with E-state index in [2.05, 4.69) is 0 Å². The van der Waals surface area contributed by atoms with Crippen LogP contribution in [0.25, 0.3) is 0 Å². The fraction of sp³-hybridized carbons (Fsp3) is 0.909. The topological polar surface area (TPSA) is 49.8 Å². The van der Waals surface area contributed by atoms with Crippen LogP contribution in [0.1, 0.15) is 32.6 Å². The van der Waals surface area contributed by atoms with Crippen molar-refractivity contribution in [1.29, 1.82) is 0 Å². The van der Waals surface area contributed by atoms with Crippen molar-refractivity contribution in [2.75, 3.05) is 19.7 Å². The normalized spacial score (nSPS) is 34.5. The zero-order chi connectivity index (χ0) is 10.9. The number of likely N-dealkylation sites (tertiary alicyclic amines) is 1. The van der Waals surface area contributed by atoms with E-state index in [0.29, 0.717) is 0 Å². The number of carboxylic acid groups (broad SMARTS) is 1. The van der Waals surface area contributed by atoms with E-state index < -0.39 is 5.97 Å². The molecule has 4 nitrogen and oxygen atoms in total. The molecule has 2 saturated heterocycles. The van der Waals surface area contributed by atoms with Gasteiger partial charge in [-0.25, -0.2) is 0 Å². The quantitative estimate of drug-likeness (QED) is 0.746. The number of ether oxygens (including phenoxy) is 1. The number of hydrogen-bond acceptors (Lipinski definition) is 3. The van der Waals surface area contributed by atoms with Gasteiger partial charge in [-0.05, 0) is 32.6 Å². The van der Waals surface area contributed by atoms with Crippen LogP contribution in [0.4, 0.5) is 0 Å². The molecular weight excluding hydrogens is 194 g/mol. The van der Waals surface area contributed by atoms with Gasteiger partial charge < -0.3 is 9.84 Å². The molecule has 0 aliphatic carbocycles. The molecule has 2 rings (SSSR count). The molecule has 2 fully saturated rings. The highest BCUT2D eigenvalue weighted by molar-refractivity contribution is 5.72. The zero-order valence-corrected chi connectivity index (χ0v) is 9.24. The Morgan fingerprint density at radius 1 is 1.47 bits per heavy atom. The zero-order valence-electron chi connectivity index (χ0n) is 9.24. The molecule has 0 saturated carbocycles. The van der Waals surface area contributed by atoms with E-state index in [0.717, 1.165) is 39.0 Å². The Labute approximate surface area is 90.2 Å². The van der Waals surface area contributed by atoms with Gasteiger partial charge in [0.1, 0.15) is 6.04 Å². The van der Waals surface area contributed by atoms with E-state index in [1.807, 2.05) is 4.90 Å². The van der Waals surface area contributed by atoms with E-state index in [4.69, 9.17) is 9.84 Å². The highest BCUT2D eigenvalue weighted by Gasteiger charge is 2.42. The summed E-state index contributed by atoms with van der Waals surface area (Å²) in [7, 11) is 0. The maximum absolute atomic E-state index is 10.9. The van der Waals surface area contributed by atoms with Crippen LogP contribution in [0.5, 0.6) is 0 Å². The van der Waals surface area contributed by atoms with Crippen molar-refractivity contribution in [2.45, 2.75) is 44.2 Å². The van der Waals surface area contributed by atoms with Gasteiger partial charge in [0, 0.05) is 19.7 Å². The summed E-state index contributed by atoms with van der Waals surface area (Å²) in [6.07, 6.45) is 4.45. The molecule has 0 bridgehead atoms. The number of carboxylic acids is 1. The van der Waals surface area contributed by atoms with E-state index in [9.17, 15) is 4.79 Å². The van der Waals surface area contributed by atoms with Gasteiger partial charge in [-0.3, -0.25) is 9.69 Å². The first kappa shape index (κ1) is 10.9. The number of carbonyl (C=O) groups is 1. The molecular formula is C11H19NO3. The lowest BCUT2D eigenvalue weighted by molar-refractivity contribution is -0.142. The summed E-state index contributed by atoms with van der Waals surface area (Å²) >= 11 is 0. The Kier molecular flexibility index (Phi) is 2.98. The summed E-state index contributed by atoms with van der Waals surface area (Å²) in [5.41, 5.74) is -0.0258. The molecule has 2 aliphatic rings. The van der Waals surface area contributed by atoms with Crippen molar-refractivity contribution < 1.29 is 14.6 Å². The number of nitrogens with zero attached hydrogens (tertiary/aromatic N) is 1. The van der Waals surface area contributed by atoms with Crippen molar-refractivity contribution in [3.05, 3.63) is 0 Å². The Morgan fingerprint density at radius 2 is 2.27 bits per heavy atom. The lowest BCUT2D eigenvalue weighted by Gasteiger charge is -2.34. The SMILES string of the molecule is CC(C(=O)O)N1CCC2(CCCCO2)C1. The smallest absolute Gasteiger partial charge is 0.320 e. The average molecular weight is 213 g/mol. The van der Waals surface area contributed by atoms with Crippen LogP contribution < -0.4 is 0 Å². The number of aliphatic carboxylic acids is 1. The van der Waals surface area contributed by atoms with E-state index >= 15 is 0 Å². The minimum Gasteiger partial charge on any atom is -0.480 e. The van der Waals surface area contributed by atoms with Crippen molar-refractivity contribution >= 4 is 5.97 Å². The molecule has 2 atom stereocenters. The lowest BCUT2D eigenvalue weighted by Crippen LogP contribution is -2.43. The predicted octanol–water partition coefficient (Wildman–Crippen LogP) is 1.10. The van der Waals surface area contributed by atoms with Gasteiger partial charge in [-0.1, -0.05) is 0 Å². The first-order chi connectivity index (χ1) is 7.13. The Morgan fingerprint density at radius 3 is 2.87 bits per heavy atom. The summed E-state index contributed by atoms with van der Waals surface area (Å²) in [5.74, 6) is -0.733. The van der Waals surface area contributed by atoms with Crippen molar-refractivity contribution in [3.63, 3.8) is 0 Å². The van der Waals surface area contributed by atoms with Crippen LogP contribution in [-0.2, 0) is 9.53 Å². The molecule has 1 spiro atoms. The van der Waals surface area contributed by atoms with Gasteiger partial charge in [0.05, 0.1) is 5.60 Å². The van der Waals surface area contributed by atoms with Crippen LogP contribution in [0.15, 0.2) is 0 Å². The molecule has 0 aromatic carbocycles. The Bertz CT molecular complexity index is 248. The van der Waals surface area contributed by atoms with Gasteiger partial charge in [-0.2, -0.15) is 0 Å². The minimum atomic E-state index is -0.733. The van der Waals surface area contributed by atoms with Crippen molar-refractivity contribution in [3.8, 4) is 0 Å². The second-order valence-electron chi connectivity index (χ2n) is 4.72. The third-order valence-electron chi connectivity index (χ3n) is 3.69. The van der Waals surface area contributed by atoms with E-state index in [-0.39, 0.29) is 11.6 Å².